The van der Waals surface area contributed by atoms with Gasteiger partial charge in [-0.3, -0.25) is 0 Å². The second kappa shape index (κ2) is 5.12. The Balaban J connectivity index is 2.44. The molecule has 0 saturated carbocycles. The molecular weight excluding hydrogens is 218 g/mol. The smallest absolute Gasteiger partial charge is 0.376 e. The average Bonchev–Trinajstić information content (AvgIpc) is 2.38. The zero-order valence-electron chi connectivity index (χ0n) is 10.2. The van der Waals surface area contributed by atoms with Crippen molar-refractivity contribution in [3.8, 4) is 0 Å². The molecule has 0 fully saturated rings. The summed E-state index contributed by atoms with van der Waals surface area (Å²) in [6, 6.07) is 0. The number of rotatable bonds is 3. The molecule has 0 saturated heterocycles. The fourth-order valence-electron chi connectivity index (χ4n) is 2.09. The van der Waals surface area contributed by atoms with Gasteiger partial charge in [0.05, 0.1) is 12.8 Å². The van der Waals surface area contributed by atoms with Gasteiger partial charge in [0.2, 0.25) is 5.82 Å². The van der Waals surface area contributed by atoms with Crippen LogP contribution in [-0.4, -0.2) is 29.6 Å². The normalized spacial score (nSPS) is 14.0. The Morgan fingerprint density at radius 2 is 2.12 bits per heavy atom. The predicted molar refractivity (Wildman–Crippen MR) is 64.2 cm³/mol. The van der Waals surface area contributed by atoms with Crippen LogP contribution in [0, 0.1) is 0 Å². The Labute approximate surface area is 101 Å². The molecule has 1 heterocycles. The molecule has 2 rings (SSSR count). The van der Waals surface area contributed by atoms with Crippen LogP contribution in [0.5, 0.6) is 0 Å². The summed E-state index contributed by atoms with van der Waals surface area (Å²) in [7, 11) is 1.35. The summed E-state index contributed by atoms with van der Waals surface area (Å²) in [4.78, 5) is 20.0. The lowest BCUT2D eigenvalue weighted by molar-refractivity contribution is 0.0586. The minimum Gasteiger partial charge on any atom is -0.463 e. The van der Waals surface area contributed by atoms with Gasteiger partial charge in [-0.2, -0.15) is 0 Å². The van der Waals surface area contributed by atoms with Crippen LogP contribution in [-0.2, 0) is 17.6 Å². The number of hydrogen-bond donors (Lipinski definition) is 1. The lowest BCUT2D eigenvalue weighted by Gasteiger charge is -2.18. The van der Waals surface area contributed by atoms with Crippen molar-refractivity contribution in [2.24, 2.45) is 0 Å². The quantitative estimate of drug-likeness (QED) is 0.806. The van der Waals surface area contributed by atoms with Crippen LogP contribution in [0.4, 0.5) is 5.82 Å². The lowest BCUT2D eigenvalue weighted by atomic mass is 9.96. The Hall–Kier alpha value is -1.65. The topological polar surface area (TPSA) is 64.1 Å². The first-order valence-electron chi connectivity index (χ1n) is 5.98. The van der Waals surface area contributed by atoms with E-state index in [2.05, 4.69) is 20.0 Å². The molecular formula is C12H17N3O2. The van der Waals surface area contributed by atoms with E-state index in [4.69, 9.17) is 0 Å². The number of anilines is 1. The standard InChI is InChI=1S/C12H17N3O2/c1-3-13-10-8-6-4-5-7-9(8)14-11(15-10)12(16)17-2/h3-7H2,1-2H3,(H,13,14,15). The summed E-state index contributed by atoms with van der Waals surface area (Å²) >= 11 is 0. The van der Waals surface area contributed by atoms with E-state index in [1.165, 1.54) is 7.11 Å². The lowest BCUT2D eigenvalue weighted by Crippen LogP contribution is -2.17. The summed E-state index contributed by atoms with van der Waals surface area (Å²) in [6.07, 6.45) is 4.18. The molecule has 0 spiro atoms. The molecule has 0 unspecified atom stereocenters. The molecule has 0 atom stereocenters. The fraction of sp³-hybridized carbons (Fsp3) is 0.583. The molecule has 0 aromatic carbocycles. The van der Waals surface area contributed by atoms with Crippen molar-refractivity contribution >= 4 is 11.8 Å². The highest BCUT2D eigenvalue weighted by Gasteiger charge is 2.20. The molecule has 1 aromatic heterocycles. The maximum Gasteiger partial charge on any atom is 0.376 e. The zero-order chi connectivity index (χ0) is 12.3. The number of carbonyl (C=O) groups is 1. The van der Waals surface area contributed by atoms with Gasteiger partial charge >= 0.3 is 5.97 Å². The zero-order valence-corrected chi connectivity index (χ0v) is 10.2. The molecule has 17 heavy (non-hydrogen) atoms. The third-order valence-corrected chi connectivity index (χ3v) is 2.90. The minimum absolute atomic E-state index is 0.157. The van der Waals surface area contributed by atoms with Gasteiger partial charge in [-0.05, 0) is 32.6 Å². The van der Waals surface area contributed by atoms with E-state index in [0.717, 1.165) is 49.3 Å². The number of nitrogens with zero attached hydrogens (tertiary/aromatic N) is 2. The number of fused-ring (bicyclic) bond motifs is 1. The molecule has 0 amide bonds. The summed E-state index contributed by atoms with van der Waals surface area (Å²) in [5.41, 5.74) is 2.15. The van der Waals surface area contributed by atoms with Crippen LogP contribution < -0.4 is 5.32 Å². The first-order valence-corrected chi connectivity index (χ1v) is 5.98. The van der Waals surface area contributed by atoms with E-state index in [1.807, 2.05) is 6.92 Å². The number of hydrogen-bond acceptors (Lipinski definition) is 5. The van der Waals surface area contributed by atoms with E-state index >= 15 is 0 Å². The van der Waals surface area contributed by atoms with E-state index in [9.17, 15) is 4.79 Å². The van der Waals surface area contributed by atoms with E-state index in [0.29, 0.717) is 0 Å². The number of esters is 1. The van der Waals surface area contributed by atoms with Gasteiger partial charge in [-0.25, -0.2) is 14.8 Å². The van der Waals surface area contributed by atoms with Gasteiger partial charge in [-0.15, -0.1) is 0 Å². The average molecular weight is 235 g/mol. The summed E-state index contributed by atoms with van der Waals surface area (Å²) in [5.74, 6) is 0.472. The molecule has 1 aromatic rings. The number of ether oxygens (including phenoxy) is 1. The van der Waals surface area contributed by atoms with Crippen molar-refractivity contribution in [2.75, 3.05) is 19.0 Å². The van der Waals surface area contributed by atoms with Gasteiger partial charge in [0.1, 0.15) is 5.82 Å². The molecule has 1 N–H and O–H groups in total. The molecule has 92 valence electrons. The second-order valence-electron chi connectivity index (χ2n) is 4.05. The van der Waals surface area contributed by atoms with E-state index < -0.39 is 5.97 Å². The largest absolute Gasteiger partial charge is 0.463 e. The molecule has 0 radical (unpaired) electrons. The highest BCUT2D eigenvalue weighted by atomic mass is 16.5. The van der Waals surface area contributed by atoms with Crippen molar-refractivity contribution < 1.29 is 9.53 Å². The number of carbonyl (C=O) groups excluding carboxylic acids is 1. The van der Waals surface area contributed by atoms with Crippen molar-refractivity contribution in [1.29, 1.82) is 0 Å². The Bertz CT molecular complexity index is 432. The second-order valence-corrected chi connectivity index (χ2v) is 4.05. The van der Waals surface area contributed by atoms with Crippen LogP contribution >= 0.6 is 0 Å². The number of aryl methyl sites for hydroxylation is 1. The van der Waals surface area contributed by atoms with Crippen LogP contribution in [0.3, 0.4) is 0 Å². The number of aromatic nitrogens is 2. The first-order chi connectivity index (χ1) is 8.26. The van der Waals surface area contributed by atoms with E-state index in [1.54, 1.807) is 0 Å². The van der Waals surface area contributed by atoms with Gasteiger partial charge in [0.25, 0.3) is 0 Å². The first kappa shape index (κ1) is 11.8. The molecule has 1 aliphatic rings. The maximum absolute atomic E-state index is 11.5. The van der Waals surface area contributed by atoms with Gasteiger partial charge < -0.3 is 10.1 Å². The van der Waals surface area contributed by atoms with Crippen LogP contribution in [0.2, 0.25) is 0 Å². The highest BCUT2D eigenvalue weighted by Crippen LogP contribution is 2.25. The SMILES string of the molecule is CCNc1nc(C(=O)OC)nc2c1CCCC2. The fourth-order valence-corrected chi connectivity index (χ4v) is 2.09. The Morgan fingerprint density at radius 1 is 1.35 bits per heavy atom. The molecule has 0 aliphatic heterocycles. The molecule has 1 aliphatic carbocycles. The molecule has 0 bridgehead atoms. The maximum atomic E-state index is 11.5. The Morgan fingerprint density at radius 3 is 2.82 bits per heavy atom. The van der Waals surface area contributed by atoms with Crippen molar-refractivity contribution in [3.63, 3.8) is 0 Å². The van der Waals surface area contributed by atoms with Crippen molar-refractivity contribution in [1.82, 2.24) is 9.97 Å². The van der Waals surface area contributed by atoms with Crippen LogP contribution in [0.15, 0.2) is 0 Å². The minimum atomic E-state index is -0.475. The van der Waals surface area contributed by atoms with Gasteiger partial charge in [0, 0.05) is 12.1 Å². The van der Waals surface area contributed by atoms with Gasteiger partial charge in [0.15, 0.2) is 0 Å². The van der Waals surface area contributed by atoms with Crippen LogP contribution in [0.25, 0.3) is 0 Å². The van der Waals surface area contributed by atoms with Gasteiger partial charge in [-0.1, -0.05) is 0 Å². The molecule has 5 nitrogen and oxygen atoms in total. The van der Waals surface area contributed by atoms with E-state index in [-0.39, 0.29) is 5.82 Å². The Kier molecular flexibility index (Phi) is 3.56. The predicted octanol–water partition coefficient (Wildman–Crippen LogP) is 1.57. The number of methoxy groups -OCH3 is 1. The molecule has 5 heteroatoms. The third kappa shape index (κ3) is 2.38. The summed E-state index contributed by atoms with van der Waals surface area (Å²) in [6.45, 7) is 2.79. The monoisotopic (exact) mass is 235 g/mol. The summed E-state index contributed by atoms with van der Waals surface area (Å²) in [5, 5.41) is 3.20. The highest BCUT2D eigenvalue weighted by molar-refractivity contribution is 5.85. The van der Waals surface area contributed by atoms with Crippen LogP contribution in [0.1, 0.15) is 41.6 Å². The van der Waals surface area contributed by atoms with Crippen molar-refractivity contribution in [2.45, 2.75) is 32.6 Å². The number of nitrogens with one attached hydrogen (secondary N) is 1. The third-order valence-electron chi connectivity index (χ3n) is 2.90. The summed E-state index contributed by atoms with van der Waals surface area (Å²) < 4.78 is 4.67. The van der Waals surface area contributed by atoms with Crippen molar-refractivity contribution in [3.05, 3.63) is 17.1 Å².